The Morgan fingerprint density at radius 1 is 0.698 bits per heavy atom. The molecule has 1 unspecified atom stereocenters. The number of benzene rings is 5. The van der Waals surface area contributed by atoms with Gasteiger partial charge in [0.15, 0.2) is 0 Å². The van der Waals surface area contributed by atoms with Crippen LogP contribution >= 0.6 is 0 Å². The molecule has 1 heteroatoms. The van der Waals surface area contributed by atoms with Crippen molar-refractivity contribution < 1.29 is 0 Å². The first-order chi connectivity index (χ1) is 21.1. The quantitative estimate of drug-likeness (QED) is 0.217. The predicted octanol–water partition coefficient (Wildman–Crippen LogP) is 9.03. The van der Waals surface area contributed by atoms with E-state index in [-0.39, 0.29) is 5.41 Å². The number of nitrogens with zero attached hydrogens (tertiary/aromatic N) is 1. The fraction of sp³-hybridized carbons (Fsp3) is 0.0952. The summed E-state index contributed by atoms with van der Waals surface area (Å²) in [5.41, 5.74) is 17.4. The molecular weight excluding hydrogens is 518 g/mol. The molecule has 1 heterocycles. The Bertz CT molecular complexity index is 2230. The van der Waals surface area contributed by atoms with Crippen LogP contribution in [0.5, 0.6) is 0 Å². The Labute approximate surface area is 252 Å². The van der Waals surface area contributed by atoms with Crippen LogP contribution < -0.4 is 15.3 Å². The third kappa shape index (κ3) is 3.07. The molecule has 0 spiro atoms. The molecule has 0 N–H and O–H groups in total. The summed E-state index contributed by atoms with van der Waals surface area (Å²) >= 11 is 0. The van der Waals surface area contributed by atoms with E-state index >= 15 is 0 Å². The summed E-state index contributed by atoms with van der Waals surface area (Å²) in [5.74, 6) is 0. The first kappa shape index (κ1) is 24.5. The molecule has 1 nitrogen and oxygen atoms in total. The molecule has 5 aromatic carbocycles. The lowest BCUT2D eigenvalue weighted by Crippen LogP contribution is -2.39. The molecule has 3 aliphatic carbocycles. The van der Waals surface area contributed by atoms with E-state index in [2.05, 4.69) is 140 Å². The highest BCUT2D eigenvalue weighted by molar-refractivity contribution is 5.99. The van der Waals surface area contributed by atoms with Gasteiger partial charge in [0.2, 0.25) is 0 Å². The van der Waals surface area contributed by atoms with Crippen LogP contribution in [0.25, 0.3) is 39.5 Å². The summed E-state index contributed by atoms with van der Waals surface area (Å²) in [6.07, 6.45) is 6.63. The summed E-state index contributed by atoms with van der Waals surface area (Å²) in [6, 6.07) is 40.1. The van der Waals surface area contributed by atoms with E-state index in [1.165, 1.54) is 77.5 Å². The van der Waals surface area contributed by atoms with Crippen LogP contribution in [0.4, 0.5) is 11.4 Å². The van der Waals surface area contributed by atoms with Crippen molar-refractivity contribution in [3.05, 3.63) is 172 Å². The number of fused-ring (bicyclic) bond motifs is 8. The third-order valence-corrected chi connectivity index (χ3v) is 10.2. The fourth-order valence-electron chi connectivity index (χ4n) is 8.38. The minimum absolute atomic E-state index is 0.348. The number of anilines is 2. The number of rotatable bonds is 3. The molecule has 0 saturated carbocycles. The zero-order valence-electron chi connectivity index (χ0n) is 24.3. The molecule has 1 aliphatic heterocycles. The van der Waals surface area contributed by atoms with Crippen LogP contribution in [0, 0.1) is 0 Å². The van der Waals surface area contributed by atoms with E-state index in [1.807, 2.05) is 0 Å². The van der Waals surface area contributed by atoms with E-state index in [9.17, 15) is 0 Å². The van der Waals surface area contributed by atoms with Crippen molar-refractivity contribution in [1.82, 2.24) is 0 Å². The van der Waals surface area contributed by atoms with Crippen LogP contribution in [-0.4, -0.2) is 0 Å². The summed E-state index contributed by atoms with van der Waals surface area (Å²) in [5, 5.41) is 2.74. The smallest absolute Gasteiger partial charge is 0.0537 e. The second-order valence-electron chi connectivity index (χ2n) is 12.2. The predicted molar refractivity (Wildman–Crippen MR) is 181 cm³/mol. The van der Waals surface area contributed by atoms with Gasteiger partial charge in [0.05, 0.1) is 17.1 Å². The molecular formula is C42H31N. The Morgan fingerprint density at radius 2 is 1.42 bits per heavy atom. The zero-order chi connectivity index (χ0) is 28.9. The monoisotopic (exact) mass is 549 g/mol. The highest BCUT2D eigenvalue weighted by Crippen LogP contribution is 2.60. The molecule has 0 saturated heterocycles. The van der Waals surface area contributed by atoms with Gasteiger partial charge in [0, 0.05) is 10.6 Å². The molecule has 0 aromatic heterocycles. The molecule has 0 bridgehead atoms. The second-order valence-corrected chi connectivity index (χ2v) is 12.2. The lowest BCUT2D eigenvalue weighted by molar-refractivity contribution is 0.692. The lowest BCUT2D eigenvalue weighted by atomic mass is 9.69. The van der Waals surface area contributed by atoms with Crippen molar-refractivity contribution in [1.29, 1.82) is 0 Å². The molecule has 5 aromatic rings. The van der Waals surface area contributed by atoms with Crippen LogP contribution in [0.15, 0.2) is 140 Å². The van der Waals surface area contributed by atoms with E-state index in [1.54, 1.807) is 0 Å². The Morgan fingerprint density at radius 3 is 2.23 bits per heavy atom. The third-order valence-electron chi connectivity index (χ3n) is 10.2. The Balaban J connectivity index is 1.38. The second kappa shape index (κ2) is 8.69. The zero-order valence-corrected chi connectivity index (χ0v) is 24.3. The Kier molecular flexibility index (Phi) is 4.94. The van der Waals surface area contributed by atoms with Gasteiger partial charge in [0.25, 0.3) is 0 Å². The van der Waals surface area contributed by atoms with Crippen molar-refractivity contribution in [3.8, 4) is 22.3 Å². The van der Waals surface area contributed by atoms with Gasteiger partial charge in [-0.3, -0.25) is 0 Å². The average molecular weight is 550 g/mol. The van der Waals surface area contributed by atoms with Gasteiger partial charge in [-0.05, 0) is 110 Å². The highest BCUT2D eigenvalue weighted by Gasteiger charge is 2.49. The van der Waals surface area contributed by atoms with Crippen molar-refractivity contribution in [3.63, 3.8) is 0 Å². The minimum atomic E-state index is -0.348. The molecule has 0 radical (unpaired) electrons. The highest BCUT2D eigenvalue weighted by atomic mass is 15.2. The first-order valence-corrected chi connectivity index (χ1v) is 15.2. The molecule has 0 amide bonds. The average Bonchev–Trinajstić information content (AvgIpc) is 3.51. The van der Waals surface area contributed by atoms with Gasteiger partial charge >= 0.3 is 0 Å². The SMILES string of the molecule is C=CC1=C2C(=C)c3ccccc3C2(C)c2cc(-c3ccccc3)ccc2N1c1ccc2c3c1=CCCC=3c1ccccc1-2. The van der Waals surface area contributed by atoms with Gasteiger partial charge in [-0.1, -0.05) is 110 Å². The van der Waals surface area contributed by atoms with Gasteiger partial charge in [-0.25, -0.2) is 0 Å². The van der Waals surface area contributed by atoms with Gasteiger partial charge in [-0.2, -0.15) is 0 Å². The first-order valence-electron chi connectivity index (χ1n) is 15.2. The van der Waals surface area contributed by atoms with Gasteiger partial charge < -0.3 is 4.90 Å². The van der Waals surface area contributed by atoms with E-state index in [0.717, 1.165) is 24.1 Å². The van der Waals surface area contributed by atoms with Crippen molar-refractivity contribution in [2.24, 2.45) is 0 Å². The Hall–Kier alpha value is -5.14. The lowest BCUT2D eigenvalue weighted by Gasteiger charge is -2.43. The summed E-state index contributed by atoms with van der Waals surface area (Å²) < 4.78 is 0. The van der Waals surface area contributed by atoms with E-state index in [0.29, 0.717) is 0 Å². The number of hydrogen-bond donors (Lipinski definition) is 0. The van der Waals surface area contributed by atoms with Gasteiger partial charge in [-0.15, -0.1) is 0 Å². The number of hydrogen-bond acceptors (Lipinski definition) is 1. The van der Waals surface area contributed by atoms with Gasteiger partial charge in [0.1, 0.15) is 0 Å². The van der Waals surface area contributed by atoms with Crippen molar-refractivity contribution >= 4 is 28.6 Å². The van der Waals surface area contributed by atoms with E-state index in [4.69, 9.17) is 6.58 Å². The van der Waals surface area contributed by atoms with Crippen LogP contribution in [-0.2, 0) is 5.41 Å². The molecule has 9 rings (SSSR count). The van der Waals surface area contributed by atoms with Crippen LogP contribution in [0.1, 0.15) is 42.0 Å². The molecule has 43 heavy (non-hydrogen) atoms. The maximum atomic E-state index is 4.71. The van der Waals surface area contributed by atoms with Crippen molar-refractivity contribution in [2.45, 2.75) is 25.2 Å². The largest absolute Gasteiger partial charge is 0.309 e. The van der Waals surface area contributed by atoms with E-state index < -0.39 is 0 Å². The fourth-order valence-corrected chi connectivity index (χ4v) is 8.38. The van der Waals surface area contributed by atoms with Crippen molar-refractivity contribution in [2.75, 3.05) is 4.90 Å². The minimum Gasteiger partial charge on any atom is -0.309 e. The number of allylic oxidation sites excluding steroid dienone is 3. The molecule has 204 valence electrons. The van der Waals surface area contributed by atoms with Crippen LogP contribution in [0.3, 0.4) is 0 Å². The van der Waals surface area contributed by atoms with Crippen LogP contribution in [0.2, 0.25) is 0 Å². The molecule has 0 fully saturated rings. The molecule has 4 aliphatic rings. The maximum absolute atomic E-state index is 4.71. The standard InChI is InChI=1S/C42H31N/c1-4-37-41-26(2)29-15-10-11-20-35(29)42(41,3)36-25-28(27-13-6-5-7-14-27)21-23-39(36)43(37)38-24-22-33-31-17-9-8-16-30(31)32-18-12-19-34(38)40(32)33/h4-11,13-17,19-25H,1-2,12,18H2,3H3. The topological polar surface area (TPSA) is 3.24 Å². The normalized spacial score (nSPS) is 18.9. The maximum Gasteiger partial charge on any atom is 0.0537 e. The summed E-state index contributed by atoms with van der Waals surface area (Å²) in [6.45, 7) is 11.5. The summed E-state index contributed by atoms with van der Waals surface area (Å²) in [7, 11) is 0. The molecule has 1 atom stereocenters. The summed E-state index contributed by atoms with van der Waals surface area (Å²) in [4.78, 5) is 2.48.